The average molecular weight is 1520 g/mol. The summed E-state index contributed by atoms with van der Waals surface area (Å²) in [4.78, 5) is 185. The normalized spacial score (nSPS) is 13.7. The fraction of sp³-hybridized carbons (Fsp3) is 0.529. The number of aryl methyl sites for hydroxylation is 4. The van der Waals surface area contributed by atoms with Crippen LogP contribution in [-0.2, 0) is 81.6 Å². The number of phenolic OH excluding ortho intramolecular Hbond substituents is 2. The number of guanidine groups is 2. The van der Waals surface area contributed by atoms with Gasteiger partial charge in [0.15, 0.2) is 11.9 Å². The van der Waals surface area contributed by atoms with Crippen LogP contribution in [0.4, 0.5) is 0 Å². The van der Waals surface area contributed by atoms with Crippen molar-refractivity contribution in [2.24, 2.45) is 55.9 Å². The smallest absolute Gasteiger partial charge is 0.245 e. The first kappa shape index (κ1) is 91.0. The molecule has 0 aliphatic heterocycles. The molecule has 0 fully saturated rings. The summed E-state index contributed by atoms with van der Waals surface area (Å²) in [5.41, 5.74) is 49.3. The van der Waals surface area contributed by atoms with Crippen LogP contribution in [-0.4, -0.2) is 217 Å². The molecule has 0 aliphatic carbocycles. The third kappa shape index (κ3) is 33.5. The number of nitrogens with one attached hydrogen (secondary N) is 12. The van der Waals surface area contributed by atoms with Gasteiger partial charge >= 0.3 is 0 Å². The van der Waals surface area contributed by atoms with Gasteiger partial charge < -0.3 is 125 Å². The SMILES string of the molecule is Cc1cc(O)cc(C)c1C[C@H](NC(=O)[C@H](Cc1ccccc1)NC(=O)CNC(=O)CNC(=O)[C@@H](N)Cc1c(C)cc(O)cc1C)C(=O)NCC(=O)N[C@@H](C)C(=O)N[C@@H](CCCN=C(N)N)C(=O)N[C@@H](CCCCN)C(=O)N[C@@H](CO)C(=O)N[C@@H](C)C(=O)N[C@@H](CCCN=C(N)N)C(=O)N[C@@H](CCCCN)C(N)=O. The fourth-order valence-corrected chi connectivity index (χ4v) is 11.1. The van der Waals surface area contributed by atoms with Gasteiger partial charge in [0.1, 0.15) is 65.9 Å². The van der Waals surface area contributed by atoms with E-state index in [0.717, 1.165) is 16.7 Å². The van der Waals surface area contributed by atoms with Gasteiger partial charge in [-0.05, 0) is 188 Å². The Morgan fingerprint density at radius 1 is 0.398 bits per heavy atom. The Morgan fingerprint density at radius 3 is 1.24 bits per heavy atom. The van der Waals surface area contributed by atoms with Crippen molar-refractivity contribution in [2.45, 2.75) is 185 Å². The number of benzene rings is 3. The highest BCUT2D eigenvalue weighted by molar-refractivity contribution is 5.99. The molecular formula is C70H110N22O16. The molecule has 10 atom stereocenters. The molecular weight excluding hydrogens is 1400 g/mol. The van der Waals surface area contributed by atoms with Crippen molar-refractivity contribution < 1.29 is 77.6 Å². The predicted molar refractivity (Wildman–Crippen MR) is 400 cm³/mol. The number of unbranched alkanes of at least 4 members (excludes halogenated alkanes) is 2. The second-order valence-electron chi connectivity index (χ2n) is 26.1. The van der Waals surface area contributed by atoms with Gasteiger partial charge in [-0.1, -0.05) is 30.3 Å². The van der Waals surface area contributed by atoms with Crippen molar-refractivity contribution >= 4 is 88.7 Å². The topological polar surface area (TPSA) is 660 Å². The maximum absolute atomic E-state index is 14.4. The van der Waals surface area contributed by atoms with Crippen LogP contribution in [0.15, 0.2) is 64.6 Å². The van der Waals surface area contributed by atoms with Crippen molar-refractivity contribution in [3.05, 3.63) is 93.5 Å². The summed E-state index contributed by atoms with van der Waals surface area (Å²) in [6.07, 6.45) is 1.48. The molecule has 0 saturated carbocycles. The molecule has 0 saturated heterocycles. The molecule has 0 unspecified atom stereocenters. The number of amides is 13. The Bertz CT molecular complexity index is 3580. The van der Waals surface area contributed by atoms with E-state index in [1.807, 2.05) is 0 Å². The highest BCUT2D eigenvalue weighted by Crippen LogP contribution is 2.24. The van der Waals surface area contributed by atoms with E-state index in [1.165, 1.54) is 38.1 Å². The molecule has 596 valence electrons. The van der Waals surface area contributed by atoms with E-state index in [0.29, 0.717) is 48.1 Å². The molecule has 0 bridgehead atoms. The minimum Gasteiger partial charge on any atom is -0.508 e. The van der Waals surface area contributed by atoms with E-state index in [9.17, 15) is 77.6 Å². The quantitative estimate of drug-likeness (QED) is 0.0142. The first-order valence-corrected chi connectivity index (χ1v) is 35.4. The molecule has 108 heavy (non-hydrogen) atoms. The van der Waals surface area contributed by atoms with Gasteiger partial charge in [-0.15, -0.1) is 0 Å². The lowest BCUT2D eigenvalue weighted by atomic mass is 9.95. The zero-order valence-electron chi connectivity index (χ0n) is 62.0. The molecule has 3 aromatic carbocycles. The van der Waals surface area contributed by atoms with E-state index in [1.54, 1.807) is 58.0 Å². The minimum absolute atomic E-state index is 0.0302. The van der Waals surface area contributed by atoms with E-state index >= 15 is 0 Å². The lowest BCUT2D eigenvalue weighted by Gasteiger charge is -2.26. The Morgan fingerprint density at radius 2 is 0.769 bits per heavy atom. The monoisotopic (exact) mass is 1510 g/mol. The Kier molecular flexibility index (Phi) is 39.9. The number of aliphatic hydroxyl groups excluding tert-OH is 1. The number of phenols is 2. The molecule has 3 aromatic rings. The molecule has 38 heteroatoms. The van der Waals surface area contributed by atoms with Crippen LogP contribution in [0, 0.1) is 27.7 Å². The molecule has 38 nitrogen and oxygen atoms in total. The lowest BCUT2D eigenvalue weighted by Crippen LogP contribution is -2.60. The Balaban J connectivity index is 1.79. The van der Waals surface area contributed by atoms with E-state index in [-0.39, 0.29) is 107 Å². The van der Waals surface area contributed by atoms with Gasteiger partial charge in [-0.3, -0.25) is 72.3 Å². The number of hydrogen-bond donors (Lipinski definition) is 23. The Hall–Kier alpha value is -11.2. The maximum atomic E-state index is 14.4. The predicted octanol–water partition coefficient (Wildman–Crippen LogP) is -6.72. The zero-order valence-corrected chi connectivity index (χ0v) is 62.0. The summed E-state index contributed by atoms with van der Waals surface area (Å²) in [6, 6.07) is 0.634. The van der Waals surface area contributed by atoms with Gasteiger partial charge in [0.05, 0.1) is 32.3 Å². The van der Waals surface area contributed by atoms with Crippen LogP contribution in [0.5, 0.6) is 11.5 Å². The third-order valence-electron chi connectivity index (χ3n) is 17.1. The summed E-state index contributed by atoms with van der Waals surface area (Å²) in [7, 11) is 0. The van der Waals surface area contributed by atoms with E-state index in [4.69, 9.17) is 45.9 Å². The van der Waals surface area contributed by atoms with Gasteiger partial charge in [0.25, 0.3) is 0 Å². The van der Waals surface area contributed by atoms with Gasteiger partial charge in [0.2, 0.25) is 76.8 Å². The highest BCUT2D eigenvalue weighted by atomic mass is 16.3. The van der Waals surface area contributed by atoms with Gasteiger partial charge in [-0.25, -0.2) is 0 Å². The zero-order chi connectivity index (χ0) is 80.7. The minimum atomic E-state index is -1.74. The number of rotatable bonds is 48. The van der Waals surface area contributed by atoms with Crippen LogP contribution in [0.2, 0.25) is 0 Å². The van der Waals surface area contributed by atoms with E-state index < -0.39 is 163 Å². The standard InChI is InChI=1S/C70H110N22O16/c1-37-26-44(94)27-38(2)46(37)31-48(73)62(102)82-33-56(96)81-34-58(98)86-53(30-43-16-8-7-9-17-43)67(107)91-54(32-47-39(3)28-45(95)29-40(47)4)63(103)83-35-57(97)84-41(5)60(100)88-52(21-15-25-80-70(77)78)65(105)90-50(19-11-13-23-72)66(106)92-55(36-93)68(108)85-42(6)61(101)89-51(20-14-24-79-69(75)76)64(104)87-49(59(74)99)18-10-12-22-71/h7-9,16-17,26-29,41-42,48-55,93-95H,10-15,18-25,30-36,71-73H2,1-6H3,(H2,74,99)(H,81,96)(H,82,102)(H,83,103)(H,84,97)(H,85,108)(H,86,98)(H,87,104)(H,88,100)(H,89,101)(H,90,105)(H,91,107)(H,92,106)(H4,75,76,79)(H4,77,78,80)/t41-,42-,48-,49-,50-,51-,52-,53-,54-,55-/m0/s1. The van der Waals surface area contributed by atoms with Crippen LogP contribution >= 0.6 is 0 Å². The number of nitrogens with zero attached hydrogens (tertiary/aromatic N) is 2. The number of aliphatic hydroxyl groups is 1. The Labute approximate surface area is 626 Å². The number of carbonyl (C=O) groups is 13. The summed E-state index contributed by atoms with van der Waals surface area (Å²) in [5.74, 6) is -11.9. The summed E-state index contributed by atoms with van der Waals surface area (Å²) in [6.45, 7) is 6.88. The van der Waals surface area contributed by atoms with Gasteiger partial charge in [0, 0.05) is 25.9 Å². The van der Waals surface area contributed by atoms with Crippen LogP contribution in [0.1, 0.15) is 117 Å². The summed E-state index contributed by atoms with van der Waals surface area (Å²) < 4.78 is 0. The molecule has 0 aromatic heterocycles. The largest absolute Gasteiger partial charge is 0.508 e. The van der Waals surface area contributed by atoms with Gasteiger partial charge in [-0.2, -0.15) is 0 Å². The first-order valence-electron chi connectivity index (χ1n) is 35.4. The van der Waals surface area contributed by atoms with Crippen molar-refractivity contribution in [1.29, 1.82) is 0 Å². The molecule has 0 heterocycles. The van der Waals surface area contributed by atoms with Crippen LogP contribution in [0.3, 0.4) is 0 Å². The fourth-order valence-electron chi connectivity index (χ4n) is 11.1. The maximum Gasteiger partial charge on any atom is 0.245 e. The number of carbonyl (C=O) groups excluding carboxylic acids is 13. The number of aliphatic imine (C=N–C) groups is 2. The highest BCUT2D eigenvalue weighted by Gasteiger charge is 2.34. The molecule has 13 amide bonds. The molecule has 31 N–H and O–H groups in total. The summed E-state index contributed by atoms with van der Waals surface area (Å²) in [5, 5.41) is 60.6. The number of nitrogens with two attached hydrogens (primary N) is 8. The number of primary amides is 1. The first-order chi connectivity index (χ1) is 51.1. The van der Waals surface area contributed by atoms with Crippen molar-refractivity contribution in [1.82, 2.24) is 63.8 Å². The van der Waals surface area contributed by atoms with Crippen molar-refractivity contribution in [3.63, 3.8) is 0 Å². The van der Waals surface area contributed by atoms with Crippen LogP contribution in [0.25, 0.3) is 0 Å². The molecule has 0 radical (unpaired) electrons. The lowest BCUT2D eigenvalue weighted by molar-refractivity contribution is -0.136. The number of aromatic hydroxyl groups is 2. The molecule has 0 aliphatic rings. The van der Waals surface area contributed by atoms with Crippen molar-refractivity contribution in [3.8, 4) is 11.5 Å². The average Bonchev–Trinajstić information content (AvgIpc) is 0.846. The van der Waals surface area contributed by atoms with E-state index in [2.05, 4.69) is 73.8 Å². The molecule has 0 spiro atoms. The third-order valence-corrected chi connectivity index (χ3v) is 17.1. The molecule has 3 rings (SSSR count). The van der Waals surface area contributed by atoms with Crippen LogP contribution < -0.4 is 110 Å². The second kappa shape index (κ2) is 47.3. The summed E-state index contributed by atoms with van der Waals surface area (Å²) >= 11 is 0. The second-order valence-corrected chi connectivity index (χ2v) is 26.1. The number of hydrogen-bond acceptors (Lipinski definition) is 21. The van der Waals surface area contributed by atoms with Crippen molar-refractivity contribution in [2.75, 3.05) is 52.4 Å².